The summed E-state index contributed by atoms with van der Waals surface area (Å²) in [4.78, 5) is 25.6. The minimum Gasteiger partial charge on any atom is -0.469 e. The van der Waals surface area contributed by atoms with E-state index in [9.17, 15) is 9.59 Å². The fourth-order valence-corrected chi connectivity index (χ4v) is 2.11. The Morgan fingerprint density at radius 2 is 2.00 bits per heavy atom. The molecule has 0 aromatic heterocycles. The predicted octanol–water partition coefficient (Wildman–Crippen LogP) is 2.43. The normalized spacial score (nSPS) is 10.3. The molecule has 0 fully saturated rings. The average Bonchev–Trinajstić information content (AvgIpc) is 2.53. The minimum atomic E-state index is -0.313. The van der Waals surface area contributed by atoms with Gasteiger partial charge in [-0.15, -0.1) is 0 Å². The molecule has 0 N–H and O–H groups in total. The van der Waals surface area contributed by atoms with Crippen LogP contribution in [0.3, 0.4) is 0 Å². The van der Waals surface area contributed by atoms with Crippen molar-refractivity contribution in [2.24, 2.45) is 0 Å². The highest BCUT2D eigenvalue weighted by molar-refractivity contribution is 5.94. The van der Waals surface area contributed by atoms with Crippen LogP contribution in [0.15, 0.2) is 24.3 Å². The van der Waals surface area contributed by atoms with Crippen LogP contribution in [-0.2, 0) is 14.3 Å². The van der Waals surface area contributed by atoms with Crippen molar-refractivity contribution in [2.45, 2.75) is 26.7 Å². The van der Waals surface area contributed by atoms with Crippen molar-refractivity contribution in [1.82, 2.24) is 4.90 Å². The number of carbonyl (C=O) groups excluding carboxylic acids is 2. The van der Waals surface area contributed by atoms with E-state index in [1.165, 1.54) is 7.11 Å². The van der Waals surface area contributed by atoms with Crippen molar-refractivity contribution in [3.8, 4) is 0 Å². The van der Waals surface area contributed by atoms with Crippen molar-refractivity contribution >= 4 is 11.9 Å². The van der Waals surface area contributed by atoms with Crippen LogP contribution in [0.25, 0.3) is 0 Å². The van der Waals surface area contributed by atoms with E-state index in [1.807, 2.05) is 32.0 Å². The lowest BCUT2D eigenvalue weighted by Gasteiger charge is -2.22. The van der Waals surface area contributed by atoms with E-state index in [0.29, 0.717) is 31.9 Å². The first kappa shape index (κ1) is 18.2. The number of hydrogen-bond donors (Lipinski definition) is 0. The highest BCUT2D eigenvalue weighted by Gasteiger charge is 2.17. The molecule has 0 aliphatic heterocycles. The molecule has 0 aliphatic carbocycles. The van der Waals surface area contributed by atoms with Gasteiger partial charge in [0.25, 0.3) is 5.91 Å². The van der Waals surface area contributed by atoms with Crippen LogP contribution in [-0.4, -0.2) is 50.2 Å². The first-order chi connectivity index (χ1) is 10.6. The molecule has 122 valence electrons. The van der Waals surface area contributed by atoms with Gasteiger partial charge in [0, 0.05) is 31.9 Å². The Morgan fingerprint density at radius 1 is 1.23 bits per heavy atom. The number of ether oxygens (including phenoxy) is 2. The Kier molecular flexibility index (Phi) is 8.22. The second kappa shape index (κ2) is 9.95. The number of benzene rings is 1. The molecule has 0 bridgehead atoms. The van der Waals surface area contributed by atoms with Gasteiger partial charge in [-0.1, -0.05) is 17.7 Å². The van der Waals surface area contributed by atoms with E-state index in [4.69, 9.17) is 4.74 Å². The molecule has 1 amide bonds. The number of carbonyl (C=O) groups is 2. The molecule has 5 nitrogen and oxygen atoms in total. The smallest absolute Gasteiger partial charge is 0.307 e. The topological polar surface area (TPSA) is 55.8 Å². The van der Waals surface area contributed by atoms with Crippen molar-refractivity contribution < 1.29 is 19.1 Å². The molecule has 1 rings (SSSR count). The number of aryl methyl sites for hydroxylation is 1. The number of rotatable bonds is 9. The minimum absolute atomic E-state index is 0.0656. The summed E-state index contributed by atoms with van der Waals surface area (Å²) in [6.07, 6.45) is 0.940. The van der Waals surface area contributed by atoms with Gasteiger partial charge in [0.2, 0.25) is 0 Å². The van der Waals surface area contributed by atoms with Crippen LogP contribution >= 0.6 is 0 Å². The zero-order chi connectivity index (χ0) is 16.4. The number of esters is 1. The molecule has 0 unspecified atom stereocenters. The monoisotopic (exact) mass is 307 g/mol. The zero-order valence-corrected chi connectivity index (χ0v) is 13.6. The fourth-order valence-electron chi connectivity index (χ4n) is 2.11. The highest BCUT2D eigenvalue weighted by atomic mass is 16.5. The summed E-state index contributed by atoms with van der Waals surface area (Å²) in [5.41, 5.74) is 1.68. The van der Waals surface area contributed by atoms with Crippen LogP contribution in [0.1, 0.15) is 35.7 Å². The van der Waals surface area contributed by atoms with Crippen LogP contribution in [0.2, 0.25) is 0 Å². The number of hydrogen-bond acceptors (Lipinski definition) is 4. The molecule has 0 heterocycles. The van der Waals surface area contributed by atoms with Gasteiger partial charge in [0.1, 0.15) is 0 Å². The van der Waals surface area contributed by atoms with E-state index in [-0.39, 0.29) is 18.3 Å². The van der Waals surface area contributed by atoms with Gasteiger partial charge in [-0.2, -0.15) is 0 Å². The van der Waals surface area contributed by atoms with Crippen molar-refractivity contribution in [1.29, 1.82) is 0 Å². The Morgan fingerprint density at radius 3 is 2.64 bits per heavy atom. The lowest BCUT2D eigenvalue weighted by molar-refractivity contribution is -0.140. The van der Waals surface area contributed by atoms with Crippen LogP contribution in [0.5, 0.6) is 0 Å². The Balaban J connectivity index is 2.69. The summed E-state index contributed by atoms with van der Waals surface area (Å²) in [5, 5.41) is 0. The van der Waals surface area contributed by atoms with Gasteiger partial charge >= 0.3 is 5.97 Å². The second-order valence-electron chi connectivity index (χ2n) is 5.04. The molecule has 1 aromatic carbocycles. The molecule has 0 spiro atoms. The SMILES string of the molecule is CCOCCCN(CCC(=O)OC)C(=O)c1cccc(C)c1. The van der Waals surface area contributed by atoms with Gasteiger partial charge in [-0.3, -0.25) is 9.59 Å². The molecule has 0 atom stereocenters. The first-order valence-electron chi connectivity index (χ1n) is 7.59. The van der Waals surface area contributed by atoms with Crippen LogP contribution < -0.4 is 0 Å². The second-order valence-corrected chi connectivity index (χ2v) is 5.04. The largest absolute Gasteiger partial charge is 0.469 e. The zero-order valence-electron chi connectivity index (χ0n) is 13.6. The molecule has 0 saturated carbocycles. The van der Waals surface area contributed by atoms with Crippen molar-refractivity contribution in [2.75, 3.05) is 33.4 Å². The summed E-state index contributed by atoms with van der Waals surface area (Å²) in [5.74, 6) is -0.379. The van der Waals surface area contributed by atoms with E-state index in [2.05, 4.69) is 4.74 Å². The van der Waals surface area contributed by atoms with Crippen LogP contribution in [0, 0.1) is 6.92 Å². The number of methoxy groups -OCH3 is 1. The summed E-state index contributed by atoms with van der Waals surface area (Å²) in [6.45, 7) is 6.06. The quantitative estimate of drug-likeness (QED) is 0.519. The third-order valence-corrected chi connectivity index (χ3v) is 3.29. The summed E-state index contributed by atoms with van der Waals surface area (Å²) in [6, 6.07) is 7.46. The summed E-state index contributed by atoms with van der Waals surface area (Å²) in [7, 11) is 1.35. The maximum atomic E-state index is 12.6. The van der Waals surface area contributed by atoms with E-state index in [1.54, 1.807) is 11.0 Å². The summed E-state index contributed by atoms with van der Waals surface area (Å²) < 4.78 is 9.95. The maximum absolute atomic E-state index is 12.6. The predicted molar refractivity (Wildman–Crippen MR) is 84.8 cm³/mol. The van der Waals surface area contributed by atoms with Gasteiger partial charge in [0.05, 0.1) is 13.5 Å². The Bertz CT molecular complexity index is 487. The maximum Gasteiger partial charge on any atom is 0.307 e. The molecule has 0 aliphatic rings. The number of nitrogens with zero attached hydrogens (tertiary/aromatic N) is 1. The van der Waals surface area contributed by atoms with Gasteiger partial charge < -0.3 is 14.4 Å². The lowest BCUT2D eigenvalue weighted by Crippen LogP contribution is -2.34. The molecular formula is C17H25NO4. The van der Waals surface area contributed by atoms with Crippen molar-refractivity contribution in [3.05, 3.63) is 35.4 Å². The average molecular weight is 307 g/mol. The third-order valence-electron chi connectivity index (χ3n) is 3.29. The first-order valence-corrected chi connectivity index (χ1v) is 7.59. The van der Waals surface area contributed by atoms with E-state index in [0.717, 1.165) is 12.0 Å². The summed E-state index contributed by atoms with van der Waals surface area (Å²) >= 11 is 0. The number of amides is 1. The fraction of sp³-hybridized carbons (Fsp3) is 0.529. The highest BCUT2D eigenvalue weighted by Crippen LogP contribution is 2.09. The Labute approximate surface area is 132 Å². The van der Waals surface area contributed by atoms with Gasteiger partial charge in [0.15, 0.2) is 0 Å². The van der Waals surface area contributed by atoms with Gasteiger partial charge in [-0.25, -0.2) is 0 Å². The lowest BCUT2D eigenvalue weighted by atomic mass is 10.1. The van der Waals surface area contributed by atoms with Crippen molar-refractivity contribution in [3.63, 3.8) is 0 Å². The van der Waals surface area contributed by atoms with E-state index < -0.39 is 0 Å². The van der Waals surface area contributed by atoms with E-state index >= 15 is 0 Å². The molecule has 1 aromatic rings. The van der Waals surface area contributed by atoms with Crippen LogP contribution in [0.4, 0.5) is 0 Å². The standard InChI is InChI=1S/C17H25NO4/c1-4-22-12-6-10-18(11-9-16(19)21-3)17(20)15-8-5-7-14(2)13-15/h5,7-8,13H,4,6,9-12H2,1-3H3. The molecule has 5 heteroatoms. The third kappa shape index (κ3) is 6.26. The molecule has 0 saturated heterocycles. The Hall–Kier alpha value is -1.88. The molecular weight excluding hydrogens is 282 g/mol. The molecule has 0 radical (unpaired) electrons. The molecule has 22 heavy (non-hydrogen) atoms. The van der Waals surface area contributed by atoms with Gasteiger partial charge in [-0.05, 0) is 32.4 Å².